The zero-order valence-electron chi connectivity index (χ0n) is 9.17. The van der Waals surface area contributed by atoms with Crippen LogP contribution in [0.25, 0.3) is 22.3 Å². The van der Waals surface area contributed by atoms with Crippen LogP contribution in [0.5, 0.6) is 0 Å². The molecule has 0 aliphatic rings. The average Bonchev–Trinajstić information content (AvgIpc) is 2.39. The fraction of sp³-hybridized carbons (Fsp3) is 0. The molecular weight excluding hydrogens is 207 g/mol. The van der Waals surface area contributed by atoms with Crippen LogP contribution >= 0.6 is 0 Å². The second-order valence-electron chi connectivity index (χ2n) is 3.87. The fourth-order valence-corrected chi connectivity index (χ4v) is 1.75. The molecule has 3 rings (SSSR count). The maximum atomic E-state index is 5.66. The zero-order chi connectivity index (χ0) is 11.7. The molecule has 3 aromatic rings. The molecule has 0 amide bonds. The quantitative estimate of drug-likeness (QED) is 0.582. The minimum Gasteiger partial charge on any atom is -0.252 e. The summed E-state index contributed by atoms with van der Waals surface area (Å²) in [7, 11) is 5.66. The van der Waals surface area contributed by atoms with Crippen LogP contribution in [-0.2, 0) is 0 Å². The molecule has 0 atom stereocenters. The van der Waals surface area contributed by atoms with Crippen LogP contribution in [0.1, 0.15) is 0 Å². The van der Waals surface area contributed by atoms with Crippen molar-refractivity contribution in [3.8, 4) is 11.3 Å². The van der Waals surface area contributed by atoms with E-state index in [1.165, 1.54) is 0 Å². The highest BCUT2D eigenvalue weighted by molar-refractivity contribution is 6.32. The molecule has 0 saturated heterocycles. The second-order valence-corrected chi connectivity index (χ2v) is 3.87. The van der Waals surface area contributed by atoms with Gasteiger partial charge in [0.25, 0.3) is 0 Å². The Kier molecular flexibility index (Phi) is 2.37. The first kappa shape index (κ1) is 10.0. The number of hydrogen-bond donors (Lipinski definition) is 0. The van der Waals surface area contributed by atoms with E-state index in [2.05, 4.69) is 9.97 Å². The molecule has 0 saturated carbocycles. The second kappa shape index (κ2) is 4.02. The summed E-state index contributed by atoms with van der Waals surface area (Å²) in [6.07, 6.45) is 1.79. The molecule has 3 heteroatoms. The number of benzene rings is 2. The number of hydrogen-bond acceptors (Lipinski definition) is 2. The van der Waals surface area contributed by atoms with Crippen molar-refractivity contribution in [2.24, 2.45) is 0 Å². The Hall–Kier alpha value is -2.16. The normalized spacial score (nSPS) is 10.6. The van der Waals surface area contributed by atoms with Gasteiger partial charge in [-0.05, 0) is 12.1 Å². The monoisotopic (exact) mass is 216 g/mol. The molecule has 2 nitrogen and oxygen atoms in total. The lowest BCUT2D eigenvalue weighted by molar-refractivity contribution is 1.29. The topological polar surface area (TPSA) is 25.8 Å². The predicted molar refractivity (Wildman–Crippen MR) is 70.4 cm³/mol. The van der Waals surface area contributed by atoms with Crippen LogP contribution < -0.4 is 5.46 Å². The molecular formula is C14H9BN2. The number of nitrogens with zero attached hydrogens (tertiary/aromatic N) is 2. The largest absolute Gasteiger partial charge is 0.252 e. The van der Waals surface area contributed by atoms with Crippen LogP contribution in [-0.4, -0.2) is 17.8 Å². The summed E-state index contributed by atoms with van der Waals surface area (Å²) in [6, 6.07) is 15.5. The Morgan fingerprint density at radius 2 is 1.53 bits per heavy atom. The van der Waals surface area contributed by atoms with Gasteiger partial charge in [-0.25, -0.2) is 4.98 Å². The van der Waals surface area contributed by atoms with Gasteiger partial charge in [-0.3, -0.25) is 4.98 Å². The number of fused-ring (bicyclic) bond motifs is 1. The van der Waals surface area contributed by atoms with E-state index in [9.17, 15) is 0 Å². The fourth-order valence-electron chi connectivity index (χ4n) is 1.75. The lowest BCUT2D eigenvalue weighted by atomic mass is 9.95. The Labute approximate surface area is 101 Å². The standard InChI is InChI=1S/C14H9BN2/c15-11-7-5-10(6-8-11)14-9-16-12-3-1-2-4-13(12)17-14/h1-9H. The van der Waals surface area contributed by atoms with Gasteiger partial charge in [-0.2, -0.15) is 0 Å². The van der Waals surface area contributed by atoms with Gasteiger partial charge in [0.05, 0.1) is 22.9 Å². The van der Waals surface area contributed by atoms with Crippen LogP contribution in [0.4, 0.5) is 0 Å². The van der Waals surface area contributed by atoms with Gasteiger partial charge in [0.1, 0.15) is 7.85 Å². The maximum Gasteiger partial charge on any atom is 0.113 e. The minimum atomic E-state index is 0.752. The molecule has 0 unspecified atom stereocenters. The summed E-state index contributed by atoms with van der Waals surface area (Å²) >= 11 is 0. The summed E-state index contributed by atoms with van der Waals surface area (Å²) in [5, 5.41) is 0. The van der Waals surface area contributed by atoms with Crippen LogP contribution in [0.15, 0.2) is 54.7 Å². The van der Waals surface area contributed by atoms with E-state index in [-0.39, 0.29) is 0 Å². The highest BCUT2D eigenvalue weighted by Gasteiger charge is 2.01. The Bertz CT molecular complexity index is 662. The van der Waals surface area contributed by atoms with Gasteiger partial charge in [-0.1, -0.05) is 41.9 Å². The average molecular weight is 216 g/mol. The number of aromatic nitrogens is 2. The SMILES string of the molecule is [B]c1ccc(-c2cnc3ccccc3n2)cc1. The molecule has 1 heterocycles. The third kappa shape index (κ3) is 1.92. The van der Waals surface area contributed by atoms with E-state index in [4.69, 9.17) is 7.85 Å². The van der Waals surface area contributed by atoms with E-state index in [0.717, 1.165) is 27.8 Å². The Morgan fingerprint density at radius 3 is 2.29 bits per heavy atom. The molecule has 0 aliphatic heterocycles. The summed E-state index contributed by atoms with van der Waals surface area (Å²) in [6.45, 7) is 0. The predicted octanol–water partition coefficient (Wildman–Crippen LogP) is 2.09. The molecule has 2 radical (unpaired) electrons. The van der Waals surface area contributed by atoms with Crippen molar-refractivity contribution in [3.63, 3.8) is 0 Å². The van der Waals surface area contributed by atoms with Crippen molar-refractivity contribution in [3.05, 3.63) is 54.7 Å². The lowest BCUT2D eigenvalue weighted by Crippen LogP contribution is -1.99. The van der Waals surface area contributed by atoms with Gasteiger partial charge in [0.2, 0.25) is 0 Å². The lowest BCUT2D eigenvalue weighted by Gasteiger charge is -2.02. The summed E-state index contributed by atoms with van der Waals surface area (Å²) < 4.78 is 0. The van der Waals surface area contributed by atoms with Crippen molar-refractivity contribution in [1.82, 2.24) is 9.97 Å². The third-order valence-electron chi connectivity index (χ3n) is 2.66. The molecule has 0 fully saturated rings. The maximum absolute atomic E-state index is 5.66. The van der Waals surface area contributed by atoms with E-state index in [0.29, 0.717) is 0 Å². The molecule has 17 heavy (non-hydrogen) atoms. The van der Waals surface area contributed by atoms with Crippen LogP contribution in [0.2, 0.25) is 0 Å². The molecule has 0 spiro atoms. The van der Waals surface area contributed by atoms with E-state index >= 15 is 0 Å². The summed E-state index contributed by atoms with van der Waals surface area (Å²) in [4.78, 5) is 8.96. The highest BCUT2D eigenvalue weighted by Crippen LogP contribution is 2.17. The van der Waals surface area contributed by atoms with Gasteiger partial charge >= 0.3 is 0 Å². The van der Waals surface area contributed by atoms with Gasteiger partial charge in [0.15, 0.2) is 0 Å². The molecule has 0 N–H and O–H groups in total. The van der Waals surface area contributed by atoms with E-state index < -0.39 is 0 Å². The molecule has 1 aromatic heterocycles. The zero-order valence-corrected chi connectivity index (χ0v) is 9.17. The van der Waals surface area contributed by atoms with Crippen LogP contribution in [0, 0.1) is 0 Å². The first-order chi connectivity index (χ1) is 8.33. The third-order valence-corrected chi connectivity index (χ3v) is 2.66. The van der Waals surface area contributed by atoms with Crippen molar-refractivity contribution in [2.75, 3.05) is 0 Å². The molecule has 2 aromatic carbocycles. The molecule has 0 aliphatic carbocycles. The van der Waals surface area contributed by atoms with Gasteiger partial charge in [0, 0.05) is 5.56 Å². The Morgan fingerprint density at radius 1 is 0.824 bits per heavy atom. The highest BCUT2D eigenvalue weighted by atomic mass is 14.8. The first-order valence-corrected chi connectivity index (χ1v) is 5.41. The van der Waals surface area contributed by atoms with Crippen LogP contribution in [0.3, 0.4) is 0 Å². The number of rotatable bonds is 1. The minimum absolute atomic E-state index is 0.752. The summed E-state index contributed by atoms with van der Waals surface area (Å²) in [5.41, 5.74) is 4.46. The van der Waals surface area contributed by atoms with Crippen molar-refractivity contribution >= 4 is 24.3 Å². The van der Waals surface area contributed by atoms with Crippen molar-refractivity contribution in [1.29, 1.82) is 0 Å². The van der Waals surface area contributed by atoms with Gasteiger partial charge < -0.3 is 0 Å². The number of para-hydroxylation sites is 2. The van der Waals surface area contributed by atoms with Crippen molar-refractivity contribution in [2.45, 2.75) is 0 Å². The molecule has 78 valence electrons. The smallest absolute Gasteiger partial charge is 0.113 e. The van der Waals surface area contributed by atoms with E-state index in [1.807, 2.05) is 48.5 Å². The van der Waals surface area contributed by atoms with Crippen molar-refractivity contribution < 1.29 is 0 Å². The summed E-state index contributed by atoms with van der Waals surface area (Å²) in [5.74, 6) is 0. The first-order valence-electron chi connectivity index (χ1n) is 5.41. The Balaban J connectivity index is 2.14. The molecule has 0 bridgehead atoms. The van der Waals surface area contributed by atoms with Gasteiger partial charge in [-0.15, -0.1) is 0 Å². The van der Waals surface area contributed by atoms with E-state index in [1.54, 1.807) is 6.20 Å².